The highest BCUT2D eigenvalue weighted by Gasteiger charge is 2.36. The predicted molar refractivity (Wildman–Crippen MR) is 73.2 cm³/mol. The maximum Gasteiger partial charge on any atom is 0.330 e. The van der Waals surface area contributed by atoms with Crippen molar-refractivity contribution in [3.8, 4) is 0 Å². The zero-order chi connectivity index (χ0) is 14.0. The summed E-state index contributed by atoms with van der Waals surface area (Å²) in [4.78, 5) is 12.8. The second-order valence-electron chi connectivity index (χ2n) is 5.47. The highest BCUT2D eigenvalue weighted by atomic mass is 16.6. The second kappa shape index (κ2) is 5.16. The molecule has 1 aliphatic rings. The summed E-state index contributed by atoms with van der Waals surface area (Å²) in [5.74, 6) is 0.362. The first-order valence-electron chi connectivity index (χ1n) is 6.54. The largest absolute Gasteiger partial charge is 0.361 e. The van der Waals surface area contributed by atoms with E-state index in [1.54, 1.807) is 7.05 Å². The molecule has 2 rings (SSSR count). The first-order chi connectivity index (χ1) is 8.94. The van der Waals surface area contributed by atoms with Crippen LogP contribution in [0, 0.1) is 10.1 Å². The average molecular weight is 267 g/mol. The molecule has 0 saturated heterocycles. The van der Waals surface area contributed by atoms with Gasteiger partial charge in [0.1, 0.15) is 6.20 Å². The number of hydrogen-bond acceptors (Lipinski definition) is 5. The molecule has 7 heteroatoms. The van der Waals surface area contributed by atoms with Crippen molar-refractivity contribution in [2.75, 3.05) is 26.0 Å². The van der Waals surface area contributed by atoms with Crippen LogP contribution in [0.15, 0.2) is 6.20 Å². The number of nitro groups is 1. The van der Waals surface area contributed by atoms with Gasteiger partial charge in [0.05, 0.1) is 4.92 Å². The van der Waals surface area contributed by atoms with Gasteiger partial charge in [0.2, 0.25) is 5.82 Å². The van der Waals surface area contributed by atoms with Gasteiger partial charge >= 0.3 is 5.69 Å². The molecule has 1 aromatic heterocycles. The van der Waals surface area contributed by atoms with E-state index in [9.17, 15) is 10.1 Å². The Balaban J connectivity index is 2.11. The molecule has 19 heavy (non-hydrogen) atoms. The lowest BCUT2D eigenvalue weighted by molar-refractivity contribution is -0.384. The van der Waals surface area contributed by atoms with Gasteiger partial charge in [-0.3, -0.25) is 14.8 Å². The highest BCUT2D eigenvalue weighted by molar-refractivity contribution is 5.54. The van der Waals surface area contributed by atoms with Crippen molar-refractivity contribution in [3.05, 3.63) is 16.3 Å². The minimum Gasteiger partial charge on any atom is -0.361 e. The summed E-state index contributed by atoms with van der Waals surface area (Å²) in [5.41, 5.74) is 0.125. The quantitative estimate of drug-likeness (QED) is 0.648. The van der Waals surface area contributed by atoms with Crippen LogP contribution in [0.2, 0.25) is 0 Å². The number of aryl methyl sites for hydroxylation is 1. The maximum absolute atomic E-state index is 10.9. The van der Waals surface area contributed by atoms with Gasteiger partial charge in [-0.1, -0.05) is 12.8 Å². The fraction of sp³-hybridized carbons (Fsp3) is 0.750. The molecular formula is C12H21N5O2. The van der Waals surface area contributed by atoms with Crippen molar-refractivity contribution < 1.29 is 4.92 Å². The van der Waals surface area contributed by atoms with Gasteiger partial charge in [0.25, 0.3) is 0 Å². The Morgan fingerprint density at radius 3 is 2.68 bits per heavy atom. The smallest absolute Gasteiger partial charge is 0.330 e. The molecular weight excluding hydrogens is 246 g/mol. The molecule has 1 fully saturated rings. The molecule has 0 bridgehead atoms. The number of rotatable bonds is 5. The van der Waals surface area contributed by atoms with Gasteiger partial charge in [-0.15, -0.1) is 5.10 Å². The molecule has 106 valence electrons. The molecule has 1 saturated carbocycles. The maximum atomic E-state index is 10.9. The standard InChI is InChI=1S/C12H21N5O2/c1-15(2)12(6-4-5-7-12)9-13-11-10(17(18)19)8-16(3)14-11/h8H,4-7,9H2,1-3H3,(H,13,14). The Labute approximate surface area is 112 Å². The van der Waals surface area contributed by atoms with Crippen LogP contribution in [0.1, 0.15) is 25.7 Å². The zero-order valence-electron chi connectivity index (χ0n) is 11.7. The molecule has 0 unspecified atom stereocenters. The van der Waals surface area contributed by atoms with Gasteiger partial charge < -0.3 is 10.2 Å². The molecule has 7 nitrogen and oxygen atoms in total. The third kappa shape index (κ3) is 2.70. The molecule has 0 aromatic carbocycles. The SMILES string of the molecule is CN(C)C1(CNc2nn(C)cc2[N+](=O)[O-])CCCC1. The minimum absolute atomic E-state index is 0.0365. The summed E-state index contributed by atoms with van der Waals surface area (Å²) in [6.45, 7) is 0.692. The number of likely N-dealkylation sites (N-methyl/N-ethyl adjacent to an activating group) is 1. The molecule has 0 radical (unpaired) electrons. The number of anilines is 1. The van der Waals surface area contributed by atoms with Gasteiger partial charge in [-0.2, -0.15) is 0 Å². The van der Waals surface area contributed by atoms with E-state index < -0.39 is 4.92 Å². The van der Waals surface area contributed by atoms with Crippen LogP contribution in [-0.4, -0.2) is 45.8 Å². The third-order valence-electron chi connectivity index (χ3n) is 4.07. The van der Waals surface area contributed by atoms with Crippen LogP contribution in [0.4, 0.5) is 11.5 Å². The van der Waals surface area contributed by atoms with E-state index in [2.05, 4.69) is 29.4 Å². The van der Waals surface area contributed by atoms with Crippen LogP contribution in [0.5, 0.6) is 0 Å². The fourth-order valence-electron chi connectivity index (χ4n) is 2.80. The second-order valence-corrected chi connectivity index (χ2v) is 5.47. The summed E-state index contributed by atoms with van der Waals surface area (Å²) >= 11 is 0. The number of aromatic nitrogens is 2. The lowest BCUT2D eigenvalue weighted by atomic mass is 9.96. The van der Waals surface area contributed by atoms with E-state index in [1.807, 2.05) is 0 Å². The van der Waals surface area contributed by atoms with Crippen molar-refractivity contribution in [2.24, 2.45) is 7.05 Å². The Kier molecular flexibility index (Phi) is 3.75. The molecule has 1 heterocycles. The van der Waals surface area contributed by atoms with Crippen molar-refractivity contribution in [2.45, 2.75) is 31.2 Å². The van der Waals surface area contributed by atoms with Crippen molar-refractivity contribution in [1.29, 1.82) is 0 Å². The minimum atomic E-state index is -0.397. The van der Waals surface area contributed by atoms with Crippen molar-refractivity contribution in [3.63, 3.8) is 0 Å². The predicted octanol–water partition coefficient (Wildman–Crippen LogP) is 1.61. The lowest BCUT2D eigenvalue weighted by Gasteiger charge is -2.36. The van der Waals surface area contributed by atoms with E-state index in [-0.39, 0.29) is 11.2 Å². The summed E-state index contributed by atoms with van der Waals surface area (Å²) in [6.07, 6.45) is 6.09. The van der Waals surface area contributed by atoms with E-state index in [4.69, 9.17) is 0 Å². The number of nitrogens with one attached hydrogen (secondary N) is 1. The fourth-order valence-corrected chi connectivity index (χ4v) is 2.80. The lowest BCUT2D eigenvalue weighted by Crippen LogP contribution is -2.47. The summed E-state index contributed by atoms with van der Waals surface area (Å²) in [7, 11) is 5.83. The molecule has 0 atom stereocenters. The van der Waals surface area contributed by atoms with Crippen LogP contribution >= 0.6 is 0 Å². The number of hydrogen-bond donors (Lipinski definition) is 1. The monoisotopic (exact) mass is 267 g/mol. The molecule has 1 N–H and O–H groups in total. The topological polar surface area (TPSA) is 76.2 Å². The number of nitrogens with zero attached hydrogens (tertiary/aromatic N) is 4. The van der Waals surface area contributed by atoms with Gasteiger partial charge in [-0.05, 0) is 26.9 Å². The summed E-state index contributed by atoms with van der Waals surface area (Å²) in [5, 5.41) is 18.2. The Morgan fingerprint density at radius 2 is 2.16 bits per heavy atom. The van der Waals surface area contributed by atoms with E-state index in [0.29, 0.717) is 12.4 Å². The summed E-state index contributed by atoms with van der Waals surface area (Å²) in [6, 6.07) is 0. The van der Waals surface area contributed by atoms with Crippen LogP contribution in [0.25, 0.3) is 0 Å². The third-order valence-corrected chi connectivity index (χ3v) is 4.07. The van der Waals surface area contributed by atoms with Crippen LogP contribution < -0.4 is 5.32 Å². The van der Waals surface area contributed by atoms with Gasteiger partial charge in [-0.25, -0.2) is 0 Å². The first-order valence-corrected chi connectivity index (χ1v) is 6.54. The molecule has 0 amide bonds. The van der Waals surface area contributed by atoms with E-state index in [0.717, 1.165) is 12.8 Å². The van der Waals surface area contributed by atoms with Crippen molar-refractivity contribution in [1.82, 2.24) is 14.7 Å². The van der Waals surface area contributed by atoms with Gasteiger partial charge in [0.15, 0.2) is 0 Å². The van der Waals surface area contributed by atoms with Crippen LogP contribution in [0.3, 0.4) is 0 Å². The normalized spacial score (nSPS) is 17.9. The Hall–Kier alpha value is -1.63. The highest BCUT2D eigenvalue weighted by Crippen LogP contribution is 2.34. The van der Waals surface area contributed by atoms with E-state index >= 15 is 0 Å². The Morgan fingerprint density at radius 1 is 1.53 bits per heavy atom. The Bertz CT molecular complexity index is 463. The molecule has 0 spiro atoms. The van der Waals surface area contributed by atoms with E-state index in [1.165, 1.54) is 23.7 Å². The average Bonchev–Trinajstić information content (AvgIpc) is 2.93. The van der Waals surface area contributed by atoms with Crippen LogP contribution in [-0.2, 0) is 7.05 Å². The summed E-state index contributed by atoms with van der Waals surface area (Å²) < 4.78 is 1.47. The molecule has 1 aromatic rings. The zero-order valence-corrected chi connectivity index (χ0v) is 11.7. The first kappa shape index (κ1) is 13.8. The molecule has 0 aliphatic heterocycles. The molecule has 1 aliphatic carbocycles. The van der Waals surface area contributed by atoms with Gasteiger partial charge in [0, 0.05) is 19.1 Å². The van der Waals surface area contributed by atoms with Crippen molar-refractivity contribution >= 4 is 11.5 Å².